The highest BCUT2D eigenvalue weighted by Gasteiger charge is 2.28. The third-order valence-corrected chi connectivity index (χ3v) is 4.36. The SMILES string of the molecule is Cc1ccc(C(=O)N(CCC(C)C)C2CCCC2)c(O)c1. The number of phenols is 1. The summed E-state index contributed by atoms with van der Waals surface area (Å²) in [5.41, 5.74) is 1.41. The maximum Gasteiger partial charge on any atom is 0.257 e. The summed E-state index contributed by atoms with van der Waals surface area (Å²) in [6, 6.07) is 5.66. The number of amides is 1. The highest BCUT2D eigenvalue weighted by Crippen LogP contribution is 2.28. The molecule has 1 aliphatic rings. The van der Waals surface area contributed by atoms with Crippen LogP contribution in [0.5, 0.6) is 5.75 Å². The molecule has 21 heavy (non-hydrogen) atoms. The number of aryl methyl sites for hydroxylation is 1. The normalized spacial score (nSPS) is 15.6. The molecule has 1 fully saturated rings. The van der Waals surface area contributed by atoms with Crippen molar-refractivity contribution in [3.05, 3.63) is 29.3 Å². The fourth-order valence-corrected chi connectivity index (χ4v) is 3.04. The van der Waals surface area contributed by atoms with E-state index in [4.69, 9.17) is 0 Å². The molecule has 0 heterocycles. The molecule has 0 radical (unpaired) electrons. The average Bonchev–Trinajstić information content (AvgIpc) is 2.92. The van der Waals surface area contributed by atoms with Gasteiger partial charge < -0.3 is 10.0 Å². The summed E-state index contributed by atoms with van der Waals surface area (Å²) in [7, 11) is 0. The van der Waals surface area contributed by atoms with Crippen LogP contribution in [-0.4, -0.2) is 28.5 Å². The molecule has 0 saturated heterocycles. The van der Waals surface area contributed by atoms with E-state index in [0.717, 1.165) is 31.4 Å². The van der Waals surface area contributed by atoms with Crippen molar-refractivity contribution in [2.75, 3.05) is 6.54 Å². The number of aromatic hydroxyl groups is 1. The van der Waals surface area contributed by atoms with Gasteiger partial charge in [-0.3, -0.25) is 4.79 Å². The topological polar surface area (TPSA) is 40.5 Å². The number of hydrogen-bond acceptors (Lipinski definition) is 2. The zero-order valence-electron chi connectivity index (χ0n) is 13.4. The molecule has 0 unspecified atom stereocenters. The predicted octanol–water partition coefficient (Wildman–Crippen LogP) is 4.13. The zero-order valence-corrected chi connectivity index (χ0v) is 13.4. The Morgan fingerprint density at radius 2 is 2.00 bits per heavy atom. The van der Waals surface area contributed by atoms with Crippen LogP contribution in [0.2, 0.25) is 0 Å². The Labute approximate surface area is 128 Å². The molecule has 0 aromatic heterocycles. The minimum absolute atomic E-state index is 0.0138. The molecule has 116 valence electrons. The van der Waals surface area contributed by atoms with E-state index in [1.165, 1.54) is 12.8 Å². The highest BCUT2D eigenvalue weighted by atomic mass is 16.3. The lowest BCUT2D eigenvalue weighted by Crippen LogP contribution is -2.40. The molecular weight excluding hydrogens is 262 g/mol. The lowest BCUT2D eigenvalue weighted by Gasteiger charge is -2.30. The molecule has 0 spiro atoms. The van der Waals surface area contributed by atoms with Crippen molar-refractivity contribution in [1.82, 2.24) is 4.90 Å². The fourth-order valence-electron chi connectivity index (χ4n) is 3.04. The van der Waals surface area contributed by atoms with Crippen LogP contribution in [-0.2, 0) is 0 Å². The van der Waals surface area contributed by atoms with E-state index in [2.05, 4.69) is 13.8 Å². The zero-order chi connectivity index (χ0) is 15.4. The van der Waals surface area contributed by atoms with Crippen molar-refractivity contribution in [2.24, 2.45) is 5.92 Å². The van der Waals surface area contributed by atoms with Crippen molar-refractivity contribution in [1.29, 1.82) is 0 Å². The van der Waals surface area contributed by atoms with Crippen molar-refractivity contribution in [3.63, 3.8) is 0 Å². The Kier molecular flexibility index (Phi) is 5.27. The molecule has 3 heteroatoms. The van der Waals surface area contributed by atoms with E-state index in [-0.39, 0.29) is 11.7 Å². The van der Waals surface area contributed by atoms with E-state index >= 15 is 0 Å². The van der Waals surface area contributed by atoms with Gasteiger partial charge in [0.05, 0.1) is 5.56 Å². The van der Waals surface area contributed by atoms with E-state index in [0.29, 0.717) is 17.5 Å². The van der Waals surface area contributed by atoms with Crippen molar-refractivity contribution < 1.29 is 9.90 Å². The van der Waals surface area contributed by atoms with Crippen molar-refractivity contribution >= 4 is 5.91 Å². The van der Waals surface area contributed by atoms with Gasteiger partial charge in [0.1, 0.15) is 5.75 Å². The van der Waals surface area contributed by atoms with E-state index in [1.807, 2.05) is 17.9 Å². The Balaban J connectivity index is 2.19. The van der Waals surface area contributed by atoms with Crippen LogP contribution in [0.15, 0.2) is 18.2 Å². The summed E-state index contributed by atoms with van der Waals surface area (Å²) < 4.78 is 0. The Morgan fingerprint density at radius 1 is 1.33 bits per heavy atom. The highest BCUT2D eigenvalue weighted by molar-refractivity contribution is 5.97. The van der Waals surface area contributed by atoms with E-state index < -0.39 is 0 Å². The first-order valence-electron chi connectivity index (χ1n) is 8.09. The second-order valence-electron chi connectivity index (χ2n) is 6.64. The summed E-state index contributed by atoms with van der Waals surface area (Å²) in [5, 5.41) is 10.1. The lowest BCUT2D eigenvalue weighted by atomic mass is 10.1. The van der Waals surface area contributed by atoms with Gasteiger partial charge in [0.25, 0.3) is 5.91 Å². The van der Waals surface area contributed by atoms with E-state index in [1.54, 1.807) is 12.1 Å². The lowest BCUT2D eigenvalue weighted by molar-refractivity contribution is 0.0669. The third-order valence-electron chi connectivity index (χ3n) is 4.36. The van der Waals surface area contributed by atoms with Gasteiger partial charge in [0.15, 0.2) is 0 Å². The van der Waals surface area contributed by atoms with Gasteiger partial charge in [-0.1, -0.05) is 32.8 Å². The van der Waals surface area contributed by atoms with Crippen LogP contribution < -0.4 is 0 Å². The fraction of sp³-hybridized carbons (Fsp3) is 0.611. The first-order valence-corrected chi connectivity index (χ1v) is 8.09. The summed E-state index contributed by atoms with van der Waals surface area (Å²) in [6.45, 7) is 7.07. The number of phenolic OH excluding ortho intramolecular Hbond substituents is 1. The third kappa shape index (κ3) is 3.99. The van der Waals surface area contributed by atoms with Gasteiger partial charge in [-0.2, -0.15) is 0 Å². The Hall–Kier alpha value is -1.51. The number of carbonyl (C=O) groups excluding carboxylic acids is 1. The van der Waals surface area contributed by atoms with Gasteiger partial charge in [-0.25, -0.2) is 0 Å². The molecule has 3 nitrogen and oxygen atoms in total. The molecule has 1 aliphatic carbocycles. The largest absolute Gasteiger partial charge is 0.507 e. The standard InChI is InChI=1S/C18H27NO2/c1-13(2)10-11-19(15-6-4-5-7-15)18(21)16-9-8-14(3)12-17(16)20/h8-9,12-13,15,20H,4-7,10-11H2,1-3H3. The molecule has 0 atom stereocenters. The molecule has 0 bridgehead atoms. The molecule has 1 aromatic carbocycles. The second kappa shape index (κ2) is 6.97. The molecular formula is C18H27NO2. The number of rotatable bonds is 5. The second-order valence-corrected chi connectivity index (χ2v) is 6.64. The monoisotopic (exact) mass is 289 g/mol. The van der Waals surface area contributed by atoms with Crippen molar-refractivity contribution in [3.8, 4) is 5.75 Å². The quantitative estimate of drug-likeness (QED) is 0.885. The van der Waals surface area contributed by atoms with Gasteiger partial charge in [0.2, 0.25) is 0 Å². The number of hydrogen-bond donors (Lipinski definition) is 1. The number of benzene rings is 1. The molecule has 1 aromatic rings. The predicted molar refractivity (Wildman–Crippen MR) is 85.6 cm³/mol. The summed E-state index contributed by atoms with van der Waals surface area (Å²) in [6.07, 6.45) is 5.60. The Morgan fingerprint density at radius 3 is 2.57 bits per heavy atom. The molecule has 1 saturated carbocycles. The maximum absolute atomic E-state index is 12.8. The molecule has 2 rings (SSSR count). The summed E-state index contributed by atoms with van der Waals surface area (Å²) >= 11 is 0. The van der Waals surface area contributed by atoms with Gasteiger partial charge in [-0.15, -0.1) is 0 Å². The minimum Gasteiger partial charge on any atom is -0.507 e. The Bertz CT molecular complexity index is 490. The van der Waals surface area contributed by atoms with Crippen LogP contribution in [0.25, 0.3) is 0 Å². The van der Waals surface area contributed by atoms with E-state index in [9.17, 15) is 9.90 Å². The van der Waals surface area contributed by atoms with Crippen LogP contribution >= 0.6 is 0 Å². The minimum atomic E-state index is -0.0138. The summed E-state index contributed by atoms with van der Waals surface area (Å²) in [4.78, 5) is 14.8. The molecule has 0 aliphatic heterocycles. The average molecular weight is 289 g/mol. The van der Waals surface area contributed by atoms with Crippen molar-refractivity contribution in [2.45, 2.75) is 58.9 Å². The van der Waals surface area contributed by atoms with Gasteiger partial charge in [0, 0.05) is 12.6 Å². The van der Waals surface area contributed by atoms with Crippen LogP contribution in [0.3, 0.4) is 0 Å². The smallest absolute Gasteiger partial charge is 0.257 e. The van der Waals surface area contributed by atoms with Gasteiger partial charge in [-0.05, 0) is 49.8 Å². The molecule has 1 N–H and O–H groups in total. The van der Waals surface area contributed by atoms with Gasteiger partial charge >= 0.3 is 0 Å². The van der Waals surface area contributed by atoms with Crippen LogP contribution in [0.1, 0.15) is 61.9 Å². The van der Waals surface area contributed by atoms with Crippen LogP contribution in [0.4, 0.5) is 0 Å². The number of nitrogens with zero attached hydrogens (tertiary/aromatic N) is 1. The molecule has 1 amide bonds. The first-order chi connectivity index (χ1) is 9.99. The number of carbonyl (C=O) groups is 1. The maximum atomic E-state index is 12.8. The van der Waals surface area contributed by atoms with Crippen LogP contribution in [0, 0.1) is 12.8 Å². The summed E-state index contributed by atoms with van der Waals surface area (Å²) in [5.74, 6) is 0.668. The first kappa shape index (κ1) is 15.9.